The average Bonchev–Trinajstić information content (AvgIpc) is 2.96. The minimum absolute atomic E-state index is 0.266. The molecule has 0 bridgehead atoms. The lowest BCUT2D eigenvalue weighted by Crippen LogP contribution is -2.25. The molecule has 2 rings (SSSR count). The maximum absolute atomic E-state index is 11.8. The number of benzene rings is 1. The highest BCUT2D eigenvalue weighted by atomic mass is 32.2. The largest absolute Gasteiger partial charge is 0.497 e. The van der Waals surface area contributed by atoms with Crippen LogP contribution in [0.1, 0.15) is 38.2 Å². The van der Waals surface area contributed by atoms with Crippen LogP contribution in [0.15, 0.2) is 24.3 Å². The van der Waals surface area contributed by atoms with Crippen LogP contribution in [0, 0.1) is 0 Å². The molecule has 1 aromatic carbocycles. The Labute approximate surface area is 134 Å². The molecule has 124 valence electrons. The molecule has 0 unspecified atom stereocenters. The van der Waals surface area contributed by atoms with Crippen molar-refractivity contribution < 1.29 is 13.2 Å². The van der Waals surface area contributed by atoms with Gasteiger partial charge in [0, 0.05) is 6.54 Å². The van der Waals surface area contributed by atoms with Crippen LogP contribution in [0.5, 0.6) is 5.75 Å². The Balaban J connectivity index is 1.80. The summed E-state index contributed by atoms with van der Waals surface area (Å²) in [5.41, 5.74) is 1.35. The smallest absolute Gasteiger partial charge is 0.152 e. The van der Waals surface area contributed by atoms with E-state index in [1.807, 2.05) is 12.1 Å². The fraction of sp³-hybridized carbons (Fsp3) is 0.647. The molecular weight excluding hydrogens is 298 g/mol. The Bertz CT molecular complexity index is 566. The van der Waals surface area contributed by atoms with Crippen molar-refractivity contribution >= 4 is 9.84 Å². The lowest BCUT2D eigenvalue weighted by Gasteiger charge is -2.16. The van der Waals surface area contributed by atoms with Gasteiger partial charge < -0.3 is 9.64 Å². The molecule has 0 spiro atoms. The lowest BCUT2D eigenvalue weighted by molar-refractivity contribution is 0.335. The second kappa shape index (κ2) is 7.47. The second-order valence-electron chi connectivity index (χ2n) is 6.33. The predicted molar refractivity (Wildman–Crippen MR) is 90.3 cm³/mol. The zero-order valence-electron chi connectivity index (χ0n) is 13.8. The quantitative estimate of drug-likeness (QED) is 0.773. The van der Waals surface area contributed by atoms with Crippen LogP contribution < -0.4 is 4.74 Å². The van der Waals surface area contributed by atoms with E-state index in [4.69, 9.17) is 4.74 Å². The molecule has 5 heteroatoms. The zero-order valence-corrected chi connectivity index (χ0v) is 14.6. The molecule has 0 aromatic heterocycles. The minimum atomic E-state index is -2.90. The van der Waals surface area contributed by atoms with Crippen LogP contribution in [0.4, 0.5) is 0 Å². The summed E-state index contributed by atoms with van der Waals surface area (Å²) in [6, 6.07) is 8.28. The molecule has 1 heterocycles. The van der Waals surface area contributed by atoms with E-state index in [0.717, 1.165) is 38.2 Å². The van der Waals surface area contributed by atoms with Gasteiger partial charge in [0.2, 0.25) is 0 Å². The van der Waals surface area contributed by atoms with E-state index in [-0.39, 0.29) is 5.25 Å². The van der Waals surface area contributed by atoms with Crippen molar-refractivity contribution in [3.63, 3.8) is 0 Å². The van der Waals surface area contributed by atoms with Crippen LogP contribution in [0.25, 0.3) is 0 Å². The second-order valence-corrected chi connectivity index (χ2v) is 9.01. The SMILES string of the molecule is COc1ccc([C@H]2CCN(CCCS(=O)(=O)C(C)C)C2)cc1. The van der Waals surface area contributed by atoms with Crippen molar-refractivity contribution in [3.05, 3.63) is 29.8 Å². The van der Waals surface area contributed by atoms with Crippen molar-refractivity contribution in [1.82, 2.24) is 4.90 Å². The molecule has 1 aliphatic heterocycles. The predicted octanol–water partition coefficient (Wildman–Crippen LogP) is 2.70. The van der Waals surface area contributed by atoms with E-state index < -0.39 is 9.84 Å². The number of hydrogen-bond donors (Lipinski definition) is 0. The monoisotopic (exact) mass is 325 g/mol. The van der Waals surface area contributed by atoms with E-state index >= 15 is 0 Å². The van der Waals surface area contributed by atoms with Gasteiger partial charge in [-0.2, -0.15) is 0 Å². The van der Waals surface area contributed by atoms with Crippen molar-refractivity contribution in [2.24, 2.45) is 0 Å². The normalized spacial score (nSPS) is 19.7. The van der Waals surface area contributed by atoms with Crippen molar-refractivity contribution in [2.75, 3.05) is 32.5 Å². The number of ether oxygens (including phenoxy) is 1. The van der Waals surface area contributed by atoms with Crippen LogP contribution in [-0.4, -0.2) is 51.1 Å². The topological polar surface area (TPSA) is 46.6 Å². The van der Waals surface area contributed by atoms with Crippen LogP contribution in [-0.2, 0) is 9.84 Å². The maximum atomic E-state index is 11.8. The number of rotatable bonds is 7. The summed E-state index contributed by atoms with van der Waals surface area (Å²) in [5.74, 6) is 1.74. The van der Waals surface area contributed by atoms with Gasteiger partial charge in [-0.25, -0.2) is 8.42 Å². The lowest BCUT2D eigenvalue weighted by atomic mass is 9.98. The first-order valence-corrected chi connectivity index (χ1v) is 9.72. The molecule has 0 N–H and O–H groups in total. The summed E-state index contributed by atoms with van der Waals surface area (Å²) < 4.78 is 28.8. The summed E-state index contributed by atoms with van der Waals surface area (Å²) in [6.45, 7) is 6.46. The number of methoxy groups -OCH3 is 1. The van der Waals surface area contributed by atoms with E-state index in [9.17, 15) is 8.42 Å². The summed E-state index contributed by atoms with van der Waals surface area (Å²) in [4.78, 5) is 2.38. The molecule has 0 saturated carbocycles. The number of sulfone groups is 1. The van der Waals surface area contributed by atoms with Gasteiger partial charge in [-0.1, -0.05) is 12.1 Å². The highest BCUT2D eigenvalue weighted by Gasteiger charge is 2.24. The molecule has 4 nitrogen and oxygen atoms in total. The highest BCUT2D eigenvalue weighted by molar-refractivity contribution is 7.91. The van der Waals surface area contributed by atoms with Gasteiger partial charge in [0.05, 0.1) is 18.1 Å². The third kappa shape index (κ3) is 4.46. The number of likely N-dealkylation sites (tertiary alicyclic amines) is 1. The summed E-state index contributed by atoms with van der Waals surface area (Å²) in [5, 5.41) is -0.266. The molecule has 0 radical (unpaired) electrons. The van der Waals surface area contributed by atoms with E-state index in [1.165, 1.54) is 5.56 Å². The third-order valence-corrected chi connectivity index (χ3v) is 6.78. The molecule has 1 aromatic rings. The maximum Gasteiger partial charge on any atom is 0.152 e. The molecule has 22 heavy (non-hydrogen) atoms. The van der Waals surface area contributed by atoms with Gasteiger partial charge in [-0.3, -0.25) is 0 Å². The Kier molecular flexibility index (Phi) is 5.87. The number of nitrogens with zero attached hydrogens (tertiary/aromatic N) is 1. The van der Waals surface area contributed by atoms with Gasteiger partial charge in [0.1, 0.15) is 5.75 Å². The van der Waals surface area contributed by atoms with Crippen molar-refractivity contribution in [1.29, 1.82) is 0 Å². The van der Waals surface area contributed by atoms with Gasteiger partial charge in [-0.15, -0.1) is 0 Å². The van der Waals surface area contributed by atoms with Crippen molar-refractivity contribution in [2.45, 2.75) is 37.9 Å². The van der Waals surface area contributed by atoms with E-state index in [0.29, 0.717) is 11.7 Å². The Hall–Kier alpha value is -1.07. The molecule has 0 amide bonds. The molecule has 1 saturated heterocycles. The summed E-state index contributed by atoms with van der Waals surface area (Å²) in [7, 11) is -1.23. The van der Waals surface area contributed by atoms with E-state index in [2.05, 4.69) is 17.0 Å². The summed E-state index contributed by atoms with van der Waals surface area (Å²) >= 11 is 0. The first-order valence-electron chi connectivity index (χ1n) is 8.00. The first-order chi connectivity index (χ1) is 10.4. The van der Waals surface area contributed by atoms with Crippen LogP contribution in [0.3, 0.4) is 0 Å². The molecule has 1 aliphatic rings. The summed E-state index contributed by atoms with van der Waals surface area (Å²) in [6.07, 6.45) is 1.87. The fourth-order valence-electron chi connectivity index (χ4n) is 2.91. The van der Waals surface area contributed by atoms with Crippen LogP contribution >= 0.6 is 0 Å². The first kappa shape index (κ1) is 17.3. The Morgan fingerprint density at radius 3 is 2.55 bits per heavy atom. The van der Waals surface area contributed by atoms with Crippen molar-refractivity contribution in [3.8, 4) is 5.75 Å². The standard InChI is InChI=1S/C17H27NO3S/c1-14(2)22(19,20)12-4-10-18-11-9-16(13-18)15-5-7-17(21-3)8-6-15/h5-8,14,16H,4,9-13H2,1-3H3/t16-/m0/s1. The Morgan fingerprint density at radius 2 is 1.95 bits per heavy atom. The van der Waals surface area contributed by atoms with Gasteiger partial charge in [0.25, 0.3) is 0 Å². The Morgan fingerprint density at radius 1 is 1.27 bits per heavy atom. The minimum Gasteiger partial charge on any atom is -0.497 e. The zero-order chi connectivity index (χ0) is 16.2. The molecule has 1 fully saturated rings. The van der Waals surface area contributed by atoms with Gasteiger partial charge in [0.15, 0.2) is 9.84 Å². The molecule has 1 atom stereocenters. The number of hydrogen-bond acceptors (Lipinski definition) is 4. The van der Waals surface area contributed by atoms with Gasteiger partial charge in [-0.05, 0) is 63.4 Å². The highest BCUT2D eigenvalue weighted by Crippen LogP contribution is 2.28. The molecule has 0 aliphatic carbocycles. The van der Waals surface area contributed by atoms with Gasteiger partial charge >= 0.3 is 0 Å². The third-order valence-electron chi connectivity index (χ3n) is 4.48. The fourth-order valence-corrected chi connectivity index (χ4v) is 3.91. The van der Waals surface area contributed by atoms with E-state index in [1.54, 1.807) is 21.0 Å². The molecular formula is C17H27NO3S. The average molecular weight is 325 g/mol. The van der Waals surface area contributed by atoms with Crippen LogP contribution in [0.2, 0.25) is 0 Å².